The molecule has 0 radical (unpaired) electrons. The zero-order valence-electron chi connectivity index (χ0n) is 16.0. The predicted molar refractivity (Wildman–Crippen MR) is 127 cm³/mol. The number of halogens is 3. The number of aromatic nitrogens is 1. The molecule has 0 aliphatic carbocycles. The predicted octanol–water partition coefficient (Wildman–Crippen LogP) is 8.07. The molecule has 0 atom stereocenters. The van der Waals surface area contributed by atoms with Crippen LogP contribution in [0.5, 0.6) is 0 Å². The van der Waals surface area contributed by atoms with E-state index in [0.29, 0.717) is 31.9 Å². The van der Waals surface area contributed by atoms with Crippen molar-refractivity contribution in [2.75, 3.05) is 0 Å². The van der Waals surface area contributed by atoms with Crippen LogP contribution in [-0.2, 0) is 0 Å². The molecular weight excluding hydrogens is 437 g/mol. The second kappa shape index (κ2) is 8.61. The molecule has 0 aliphatic rings. The summed E-state index contributed by atoms with van der Waals surface area (Å²) in [6.07, 6.45) is 3.18. The van der Waals surface area contributed by atoms with Gasteiger partial charge in [-0.2, -0.15) is 0 Å². The fourth-order valence-electron chi connectivity index (χ4n) is 3.46. The number of allylic oxidation sites excluding steroid dienone is 1. The first kappa shape index (κ1) is 20.6. The van der Waals surface area contributed by atoms with E-state index in [2.05, 4.69) is 4.98 Å². The molecule has 30 heavy (non-hydrogen) atoms. The van der Waals surface area contributed by atoms with E-state index in [4.69, 9.17) is 34.8 Å². The van der Waals surface area contributed by atoms with Crippen molar-refractivity contribution in [2.24, 2.45) is 0 Å². The van der Waals surface area contributed by atoms with Crippen molar-refractivity contribution in [1.82, 2.24) is 4.98 Å². The molecule has 1 aromatic heterocycles. The molecular formula is C25H16Cl3NO. The molecule has 0 amide bonds. The number of carbonyl (C=O) groups excluding carboxylic acids is 1. The summed E-state index contributed by atoms with van der Waals surface area (Å²) in [5.74, 6) is -0.170. The Morgan fingerprint density at radius 2 is 1.70 bits per heavy atom. The third-order valence-corrected chi connectivity index (χ3v) is 5.90. The third-order valence-electron chi connectivity index (χ3n) is 4.83. The van der Waals surface area contributed by atoms with Crippen LogP contribution >= 0.6 is 34.8 Å². The van der Waals surface area contributed by atoms with Gasteiger partial charge in [-0.15, -0.1) is 0 Å². The van der Waals surface area contributed by atoms with Crippen molar-refractivity contribution in [3.63, 3.8) is 0 Å². The summed E-state index contributed by atoms with van der Waals surface area (Å²) < 4.78 is 0. The van der Waals surface area contributed by atoms with Gasteiger partial charge in [-0.05, 0) is 54.5 Å². The molecule has 0 bridgehead atoms. The van der Waals surface area contributed by atoms with Gasteiger partial charge in [0.05, 0.1) is 21.1 Å². The molecule has 1 heterocycles. The van der Waals surface area contributed by atoms with Crippen LogP contribution in [0.25, 0.3) is 28.1 Å². The maximum atomic E-state index is 13.3. The van der Waals surface area contributed by atoms with E-state index in [1.807, 2.05) is 49.4 Å². The lowest BCUT2D eigenvalue weighted by Crippen LogP contribution is -2.05. The Balaban J connectivity index is 1.91. The summed E-state index contributed by atoms with van der Waals surface area (Å²) in [5.41, 5.74) is 4.38. The zero-order chi connectivity index (χ0) is 21.3. The number of fused-ring (bicyclic) bond motifs is 1. The van der Waals surface area contributed by atoms with Crippen molar-refractivity contribution < 1.29 is 4.79 Å². The van der Waals surface area contributed by atoms with Gasteiger partial charge in [-0.3, -0.25) is 9.78 Å². The molecule has 3 aromatic carbocycles. The van der Waals surface area contributed by atoms with Crippen LogP contribution < -0.4 is 0 Å². The molecule has 0 N–H and O–H groups in total. The Bertz CT molecular complexity index is 1300. The van der Waals surface area contributed by atoms with E-state index >= 15 is 0 Å². The van der Waals surface area contributed by atoms with Crippen molar-refractivity contribution in [2.45, 2.75) is 6.92 Å². The lowest BCUT2D eigenvalue weighted by atomic mass is 9.92. The first-order valence-corrected chi connectivity index (χ1v) is 10.4. The number of nitrogens with zero attached hydrogens (tertiary/aromatic N) is 1. The number of rotatable bonds is 4. The number of hydrogen-bond acceptors (Lipinski definition) is 2. The molecule has 0 fully saturated rings. The Hall–Kier alpha value is -2.65. The monoisotopic (exact) mass is 451 g/mol. The van der Waals surface area contributed by atoms with Gasteiger partial charge in [-0.1, -0.05) is 77.3 Å². The van der Waals surface area contributed by atoms with Crippen molar-refractivity contribution in [3.8, 4) is 11.1 Å². The average molecular weight is 453 g/mol. The van der Waals surface area contributed by atoms with E-state index < -0.39 is 0 Å². The topological polar surface area (TPSA) is 30.0 Å². The summed E-state index contributed by atoms with van der Waals surface area (Å²) in [5, 5.41) is 2.27. The van der Waals surface area contributed by atoms with E-state index in [9.17, 15) is 4.79 Å². The Morgan fingerprint density at radius 1 is 0.933 bits per heavy atom. The van der Waals surface area contributed by atoms with Gasteiger partial charge >= 0.3 is 0 Å². The van der Waals surface area contributed by atoms with Crippen molar-refractivity contribution >= 4 is 57.6 Å². The Kier molecular flexibility index (Phi) is 5.92. The second-order valence-electron chi connectivity index (χ2n) is 6.82. The van der Waals surface area contributed by atoms with Gasteiger partial charge < -0.3 is 0 Å². The third kappa shape index (κ3) is 3.99. The first-order valence-electron chi connectivity index (χ1n) is 9.27. The van der Waals surface area contributed by atoms with Crippen LogP contribution in [0.1, 0.15) is 21.6 Å². The lowest BCUT2D eigenvalue weighted by Gasteiger charge is -2.14. The van der Waals surface area contributed by atoms with Gasteiger partial charge in [0.2, 0.25) is 0 Å². The quantitative estimate of drug-likeness (QED) is 0.231. The molecule has 0 unspecified atom stereocenters. The molecule has 148 valence electrons. The largest absolute Gasteiger partial charge is 0.289 e. The van der Waals surface area contributed by atoms with Crippen LogP contribution in [0, 0.1) is 6.92 Å². The van der Waals surface area contributed by atoms with Crippen LogP contribution in [0.4, 0.5) is 0 Å². The minimum Gasteiger partial charge on any atom is -0.289 e. The van der Waals surface area contributed by atoms with Gasteiger partial charge in [0.15, 0.2) is 5.78 Å². The Labute approximate surface area is 189 Å². The van der Waals surface area contributed by atoms with E-state index in [1.54, 1.807) is 30.3 Å². The van der Waals surface area contributed by atoms with Crippen LogP contribution in [0.3, 0.4) is 0 Å². The van der Waals surface area contributed by atoms with Crippen molar-refractivity contribution in [3.05, 3.63) is 105 Å². The fourth-order valence-corrected chi connectivity index (χ4v) is 4.01. The number of benzene rings is 3. The highest BCUT2D eigenvalue weighted by Crippen LogP contribution is 2.35. The maximum Gasteiger partial charge on any atom is 0.188 e. The highest BCUT2D eigenvalue weighted by atomic mass is 35.5. The molecule has 0 spiro atoms. The van der Waals surface area contributed by atoms with Gasteiger partial charge in [0.25, 0.3) is 0 Å². The molecule has 0 aliphatic heterocycles. The molecule has 2 nitrogen and oxygen atoms in total. The highest BCUT2D eigenvalue weighted by Gasteiger charge is 2.19. The lowest BCUT2D eigenvalue weighted by molar-refractivity contribution is 0.104. The van der Waals surface area contributed by atoms with Crippen LogP contribution in [-0.4, -0.2) is 10.8 Å². The zero-order valence-corrected chi connectivity index (χ0v) is 18.3. The van der Waals surface area contributed by atoms with Crippen LogP contribution in [0.2, 0.25) is 15.1 Å². The molecule has 5 heteroatoms. The summed E-state index contributed by atoms with van der Waals surface area (Å²) in [4.78, 5) is 18.0. The van der Waals surface area contributed by atoms with Gasteiger partial charge in [-0.25, -0.2) is 0 Å². The molecule has 0 saturated heterocycles. The van der Waals surface area contributed by atoms with E-state index in [1.165, 1.54) is 6.08 Å². The number of carbonyl (C=O) groups is 1. The number of aryl methyl sites for hydroxylation is 1. The summed E-state index contributed by atoms with van der Waals surface area (Å²) in [6.45, 7) is 1.84. The minimum absolute atomic E-state index is 0.170. The Morgan fingerprint density at radius 3 is 2.47 bits per heavy atom. The summed E-state index contributed by atoms with van der Waals surface area (Å²) >= 11 is 18.6. The molecule has 4 aromatic rings. The van der Waals surface area contributed by atoms with Gasteiger partial charge in [0, 0.05) is 21.7 Å². The number of hydrogen-bond donors (Lipinski definition) is 0. The van der Waals surface area contributed by atoms with Crippen LogP contribution in [0.15, 0.2) is 72.8 Å². The van der Waals surface area contributed by atoms with E-state index in [-0.39, 0.29) is 5.78 Å². The number of pyridine rings is 1. The van der Waals surface area contributed by atoms with E-state index in [0.717, 1.165) is 22.0 Å². The number of ketones is 1. The molecule has 0 saturated carbocycles. The normalized spacial score (nSPS) is 11.3. The van der Waals surface area contributed by atoms with Gasteiger partial charge in [0.1, 0.15) is 0 Å². The SMILES string of the molecule is Cc1nc2ccc(Cl)cc2c(-c2ccccc2)c1C(=O)C=Cc1cccc(Cl)c1Cl. The summed E-state index contributed by atoms with van der Waals surface area (Å²) in [6, 6.07) is 20.6. The fraction of sp³-hybridized carbons (Fsp3) is 0.0400. The molecule has 4 rings (SSSR count). The summed E-state index contributed by atoms with van der Waals surface area (Å²) in [7, 11) is 0. The highest BCUT2D eigenvalue weighted by molar-refractivity contribution is 6.43. The minimum atomic E-state index is -0.170. The first-order chi connectivity index (χ1) is 14.5. The average Bonchev–Trinajstić information content (AvgIpc) is 2.74. The van der Waals surface area contributed by atoms with Crippen molar-refractivity contribution in [1.29, 1.82) is 0 Å². The maximum absolute atomic E-state index is 13.3. The standard InChI is InChI=1S/C25H16Cl3NO/c1-15-23(22(30)13-10-17-8-5-9-20(27)25(17)28)24(16-6-3-2-4-7-16)19-14-18(26)11-12-21(19)29-15/h2-14H,1H3. The smallest absolute Gasteiger partial charge is 0.188 e. The second-order valence-corrected chi connectivity index (χ2v) is 8.04.